The van der Waals surface area contributed by atoms with Crippen LogP contribution in [0.3, 0.4) is 0 Å². The summed E-state index contributed by atoms with van der Waals surface area (Å²) in [5.41, 5.74) is 6.68. The molecule has 0 radical (unpaired) electrons. The summed E-state index contributed by atoms with van der Waals surface area (Å²) >= 11 is 0. The quantitative estimate of drug-likeness (QED) is 0.416. The molecule has 11 nitrogen and oxygen atoms in total. The highest BCUT2D eigenvalue weighted by atomic mass is 35.5. The van der Waals surface area contributed by atoms with Crippen molar-refractivity contribution in [2.24, 2.45) is 0 Å². The Morgan fingerprint density at radius 3 is 2.58 bits per heavy atom. The summed E-state index contributed by atoms with van der Waals surface area (Å²) in [6, 6.07) is 4.71. The lowest BCUT2D eigenvalue weighted by Gasteiger charge is -2.18. The van der Waals surface area contributed by atoms with Crippen LogP contribution in [0.2, 0.25) is 0 Å². The number of aryl methyl sites for hydroxylation is 1. The van der Waals surface area contributed by atoms with E-state index in [-0.39, 0.29) is 29.7 Å². The maximum absolute atomic E-state index is 12.7. The Morgan fingerprint density at radius 1 is 1.24 bits per heavy atom. The van der Waals surface area contributed by atoms with E-state index in [0.717, 1.165) is 5.56 Å². The molecule has 0 atom stereocenters. The van der Waals surface area contributed by atoms with Crippen molar-refractivity contribution < 1.29 is 13.5 Å². The number of hydrogen-bond donors (Lipinski definition) is 3. The number of sulfonamides is 1. The van der Waals surface area contributed by atoms with Gasteiger partial charge in [-0.1, -0.05) is 6.07 Å². The molecule has 33 heavy (non-hydrogen) atoms. The molecule has 3 rings (SSSR count). The van der Waals surface area contributed by atoms with Gasteiger partial charge in [-0.3, -0.25) is 0 Å². The lowest BCUT2D eigenvalue weighted by Crippen LogP contribution is -2.38. The Labute approximate surface area is 199 Å². The molecule has 0 aliphatic heterocycles. The second-order valence-electron chi connectivity index (χ2n) is 8.42. The second kappa shape index (κ2) is 10.1. The Morgan fingerprint density at radius 2 is 1.94 bits per heavy atom. The van der Waals surface area contributed by atoms with Crippen LogP contribution in [0.25, 0.3) is 17.1 Å². The first kappa shape index (κ1) is 26.6. The number of hydrogen-bond acceptors (Lipinski definition) is 9. The highest BCUT2D eigenvalue weighted by Gasteiger charge is 2.21. The monoisotopic (exact) mass is 496 g/mol. The van der Waals surface area contributed by atoms with Crippen molar-refractivity contribution in [3.63, 3.8) is 0 Å². The Kier molecular flexibility index (Phi) is 8.14. The standard InChI is InChI=1S/C20H28N8O3S.ClH/c1-13-6-7-14(32(30,31)24-11-20(2,3)29)8-15(13)16-9-22-18(21)19(25-16)28-12-23-17(26-28)10-27(4)5;/h6-9,12,24,29H,10-11H2,1-5H3,(H2,21,22);1H. The Bertz CT molecular complexity index is 1220. The SMILES string of the molecule is Cc1ccc(S(=O)(=O)NCC(C)(C)O)cc1-c1cnc(N)c(-n2cnc(CN(C)C)n2)n1.Cl. The summed E-state index contributed by atoms with van der Waals surface area (Å²) in [5.74, 6) is 1.07. The van der Waals surface area contributed by atoms with Gasteiger partial charge in [-0.2, -0.15) is 4.68 Å². The molecule has 0 saturated heterocycles. The van der Waals surface area contributed by atoms with Gasteiger partial charge < -0.3 is 15.7 Å². The molecule has 0 saturated carbocycles. The third-order valence-electron chi connectivity index (χ3n) is 4.49. The largest absolute Gasteiger partial charge is 0.389 e. The van der Waals surface area contributed by atoms with E-state index in [4.69, 9.17) is 5.73 Å². The van der Waals surface area contributed by atoms with Gasteiger partial charge >= 0.3 is 0 Å². The predicted octanol–water partition coefficient (Wildman–Crippen LogP) is 1.15. The summed E-state index contributed by atoms with van der Waals surface area (Å²) in [7, 11) is -0.00968. The molecule has 2 heterocycles. The average molecular weight is 497 g/mol. The van der Waals surface area contributed by atoms with Crippen LogP contribution in [-0.4, -0.2) is 69.4 Å². The number of rotatable bonds is 8. The van der Waals surface area contributed by atoms with E-state index in [9.17, 15) is 13.5 Å². The first-order valence-corrected chi connectivity index (χ1v) is 11.4. The molecule has 0 aliphatic rings. The van der Waals surface area contributed by atoms with Crippen LogP contribution in [0.5, 0.6) is 0 Å². The summed E-state index contributed by atoms with van der Waals surface area (Å²) in [6.45, 7) is 5.33. The fraction of sp³-hybridized carbons (Fsp3) is 0.400. The van der Waals surface area contributed by atoms with E-state index < -0.39 is 15.6 Å². The van der Waals surface area contributed by atoms with Crippen molar-refractivity contribution >= 4 is 28.2 Å². The zero-order valence-corrected chi connectivity index (χ0v) is 20.8. The minimum Gasteiger partial charge on any atom is -0.389 e. The van der Waals surface area contributed by atoms with E-state index in [2.05, 4.69) is 24.8 Å². The van der Waals surface area contributed by atoms with Crippen LogP contribution in [-0.2, 0) is 16.6 Å². The molecule has 180 valence electrons. The maximum Gasteiger partial charge on any atom is 0.240 e. The maximum atomic E-state index is 12.7. The number of halogens is 1. The van der Waals surface area contributed by atoms with E-state index >= 15 is 0 Å². The number of anilines is 1. The fourth-order valence-electron chi connectivity index (χ4n) is 2.84. The van der Waals surface area contributed by atoms with Crippen LogP contribution in [0.1, 0.15) is 25.2 Å². The highest BCUT2D eigenvalue weighted by Crippen LogP contribution is 2.26. The molecule has 13 heteroatoms. The minimum absolute atomic E-state index is 0. The molecule has 4 N–H and O–H groups in total. The van der Waals surface area contributed by atoms with Gasteiger partial charge in [-0.15, -0.1) is 17.5 Å². The number of nitrogens with zero attached hydrogens (tertiary/aromatic N) is 6. The van der Waals surface area contributed by atoms with Crippen LogP contribution in [0, 0.1) is 6.92 Å². The molecule has 0 fully saturated rings. The van der Waals surface area contributed by atoms with E-state index in [0.29, 0.717) is 29.4 Å². The van der Waals surface area contributed by atoms with Gasteiger partial charge in [0.25, 0.3) is 0 Å². The van der Waals surface area contributed by atoms with Gasteiger partial charge in [0.2, 0.25) is 10.0 Å². The third-order valence-corrected chi connectivity index (χ3v) is 5.88. The molecule has 0 aliphatic carbocycles. The molecule has 1 aromatic carbocycles. The number of nitrogens with two attached hydrogens (primary N) is 1. The van der Waals surface area contributed by atoms with Gasteiger partial charge in [-0.25, -0.2) is 28.1 Å². The van der Waals surface area contributed by atoms with Crippen molar-refractivity contribution in [2.45, 2.75) is 37.8 Å². The van der Waals surface area contributed by atoms with E-state index in [1.165, 1.54) is 43.2 Å². The number of nitrogen functional groups attached to an aromatic ring is 1. The van der Waals surface area contributed by atoms with Crippen molar-refractivity contribution in [2.75, 3.05) is 26.4 Å². The summed E-state index contributed by atoms with van der Waals surface area (Å²) in [6.07, 6.45) is 3.00. The summed E-state index contributed by atoms with van der Waals surface area (Å²) in [4.78, 5) is 15.0. The minimum atomic E-state index is -3.83. The first-order chi connectivity index (χ1) is 14.9. The van der Waals surface area contributed by atoms with Crippen molar-refractivity contribution in [1.29, 1.82) is 0 Å². The molecule has 0 unspecified atom stereocenters. The van der Waals surface area contributed by atoms with Gasteiger partial charge in [-0.05, 0) is 52.6 Å². The summed E-state index contributed by atoms with van der Waals surface area (Å²) < 4.78 is 29.3. The molecular formula is C20H29ClN8O3S. The van der Waals surface area contributed by atoms with E-state index in [1.54, 1.807) is 6.07 Å². The Hall–Kier alpha value is -2.64. The van der Waals surface area contributed by atoms with Gasteiger partial charge in [0.15, 0.2) is 17.5 Å². The van der Waals surface area contributed by atoms with Crippen LogP contribution in [0.15, 0.2) is 35.6 Å². The number of aromatic nitrogens is 5. The third kappa shape index (κ3) is 6.68. The topological polar surface area (TPSA) is 152 Å². The fourth-order valence-corrected chi connectivity index (χ4v) is 4.07. The van der Waals surface area contributed by atoms with Crippen molar-refractivity contribution in [3.05, 3.63) is 42.1 Å². The molecule has 0 spiro atoms. The molecule has 0 amide bonds. The number of nitrogens with one attached hydrogen (secondary N) is 1. The van der Waals surface area contributed by atoms with Gasteiger partial charge in [0.05, 0.1) is 28.9 Å². The molecular weight excluding hydrogens is 468 g/mol. The summed E-state index contributed by atoms with van der Waals surface area (Å²) in [5, 5.41) is 14.2. The normalized spacial score (nSPS) is 12.1. The zero-order chi connectivity index (χ0) is 23.7. The lowest BCUT2D eigenvalue weighted by molar-refractivity contribution is 0.0857. The van der Waals surface area contributed by atoms with E-state index in [1.807, 2.05) is 25.9 Å². The Balaban J connectivity index is 0.00000385. The predicted molar refractivity (Wildman–Crippen MR) is 128 cm³/mol. The molecule has 2 aromatic heterocycles. The molecule has 3 aromatic rings. The number of benzene rings is 1. The van der Waals surface area contributed by atoms with Crippen molar-refractivity contribution in [1.82, 2.24) is 34.4 Å². The zero-order valence-electron chi connectivity index (χ0n) is 19.1. The smallest absolute Gasteiger partial charge is 0.240 e. The number of aliphatic hydroxyl groups is 1. The van der Waals surface area contributed by atoms with Crippen LogP contribution < -0.4 is 10.5 Å². The highest BCUT2D eigenvalue weighted by molar-refractivity contribution is 7.89. The van der Waals surface area contributed by atoms with Gasteiger partial charge in [0.1, 0.15) is 6.33 Å². The molecule has 0 bridgehead atoms. The average Bonchev–Trinajstić information content (AvgIpc) is 3.14. The van der Waals surface area contributed by atoms with Crippen LogP contribution >= 0.6 is 12.4 Å². The first-order valence-electron chi connectivity index (χ1n) is 9.87. The van der Waals surface area contributed by atoms with Crippen molar-refractivity contribution in [3.8, 4) is 17.1 Å². The van der Waals surface area contributed by atoms with Crippen LogP contribution in [0.4, 0.5) is 5.82 Å². The second-order valence-corrected chi connectivity index (χ2v) is 10.2. The van der Waals surface area contributed by atoms with Gasteiger partial charge in [0, 0.05) is 12.1 Å². The lowest BCUT2D eigenvalue weighted by atomic mass is 10.1.